The van der Waals surface area contributed by atoms with Crippen molar-refractivity contribution in [2.24, 2.45) is 0 Å². The minimum absolute atomic E-state index is 0.0968. The molecule has 0 aliphatic carbocycles. The maximum Gasteiger partial charge on any atom is 0.240 e. The van der Waals surface area contributed by atoms with Crippen LogP contribution in [-0.4, -0.2) is 33.0 Å². The van der Waals surface area contributed by atoms with Gasteiger partial charge in [0.25, 0.3) is 0 Å². The highest BCUT2D eigenvalue weighted by Crippen LogP contribution is 2.28. The van der Waals surface area contributed by atoms with E-state index in [0.717, 1.165) is 13.1 Å². The number of hydrogen-bond donors (Lipinski definition) is 1. The van der Waals surface area contributed by atoms with Crippen molar-refractivity contribution >= 4 is 33.0 Å². The third-order valence-electron chi connectivity index (χ3n) is 4.04. The zero-order valence-corrected chi connectivity index (χ0v) is 15.0. The van der Waals surface area contributed by atoms with E-state index in [1.165, 1.54) is 29.9 Å². The standard InChI is InChI=1S/C16H19ClN2O2S2/c17-13-5-7-14(8-6-13)23(20,21)18-12-15(16-4-3-11-22-16)19-9-1-2-10-19/h3-8,11,15,18H,1-2,9-10,12H2. The Morgan fingerprint density at radius 1 is 1.17 bits per heavy atom. The van der Waals surface area contributed by atoms with Gasteiger partial charge in [-0.3, -0.25) is 4.90 Å². The number of benzene rings is 1. The molecule has 4 nitrogen and oxygen atoms in total. The molecule has 0 spiro atoms. The summed E-state index contributed by atoms with van der Waals surface area (Å²) in [4.78, 5) is 3.80. The van der Waals surface area contributed by atoms with Gasteiger partial charge in [-0.25, -0.2) is 13.1 Å². The quantitative estimate of drug-likeness (QED) is 0.846. The van der Waals surface area contributed by atoms with Crippen LogP contribution < -0.4 is 4.72 Å². The SMILES string of the molecule is O=S(=O)(NCC(c1cccs1)N1CCCC1)c1ccc(Cl)cc1. The molecule has 0 radical (unpaired) electrons. The van der Waals surface area contributed by atoms with Crippen LogP contribution in [0.2, 0.25) is 5.02 Å². The van der Waals surface area contributed by atoms with Crippen LogP contribution in [0.1, 0.15) is 23.8 Å². The Morgan fingerprint density at radius 2 is 1.87 bits per heavy atom. The Kier molecular flexibility index (Phi) is 5.38. The van der Waals surface area contributed by atoms with Gasteiger partial charge in [-0.05, 0) is 61.6 Å². The first kappa shape index (κ1) is 16.9. The lowest BCUT2D eigenvalue weighted by molar-refractivity contribution is 0.250. The first-order valence-corrected chi connectivity index (χ1v) is 10.3. The molecule has 1 N–H and O–H groups in total. The van der Waals surface area contributed by atoms with Gasteiger partial charge < -0.3 is 0 Å². The van der Waals surface area contributed by atoms with E-state index in [1.54, 1.807) is 23.5 Å². The minimum atomic E-state index is -3.52. The monoisotopic (exact) mass is 370 g/mol. The highest BCUT2D eigenvalue weighted by Gasteiger charge is 2.26. The number of nitrogens with one attached hydrogen (secondary N) is 1. The molecule has 2 aromatic rings. The molecule has 2 heterocycles. The topological polar surface area (TPSA) is 49.4 Å². The summed E-state index contributed by atoms with van der Waals surface area (Å²) >= 11 is 7.49. The van der Waals surface area contributed by atoms with Crippen LogP contribution >= 0.6 is 22.9 Å². The molecule has 1 aliphatic rings. The number of halogens is 1. The Hall–Kier alpha value is -0.920. The second kappa shape index (κ2) is 7.32. The number of rotatable bonds is 6. The van der Waals surface area contributed by atoms with Crippen molar-refractivity contribution in [1.29, 1.82) is 0 Å². The fraction of sp³-hybridized carbons (Fsp3) is 0.375. The van der Waals surface area contributed by atoms with Crippen LogP contribution in [0.3, 0.4) is 0 Å². The van der Waals surface area contributed by atoms with Gasteiger partial charge >= 0.3 is 0 Å². The highest BCUT2D eigenvalue weighted by molar-refractivity contribution is 7.89. The Balaban J connectivity index is 1.74. The second-order valence-corrected chi connectivity index (χ2v) is 8.76. The molecule has 1 aromatic heterocycles. The van der Waals surface area contributed by atoms with E-state index in [9.17, 15) is 8.42 Å². The van der Waals surface area contributed by atoms with Gasteiger partial charge in [-0.15, -0.1) is 11.3 Å². The first-order valence-electron chi connectivity index (χ1n) is 7.59. The largest absolute Gasteiger partial charge is 0.294 e. The van der Waals surface area contributed by atoms with E-state index in [1.807, 2.05) is 11.4 Å². The number of sulfonamides is 1. The van der Waals surface area contributed by atoms with Crippen LogP contribution in [0.25, 0.3) is 0 Å². The number of likely N-dealkylation sites (tertiary alicyclic amines) is 1. The normalized spacial score (nSPS) is 17.4. The summed E-state index contributed by atoms with van der Waals surface area (Å²) in [5.41, 5.74) is 0. The van der Waals surface area contributed by atoms with Crippen LogP contribution in [0.4, 0.5) is 0 Å². The fourth-order valence-corrected chi connectivity index (χ4v) is 4.85. The lowest BCUT2D eigenvalue weighted by Gasteiger charge is -2.26. The van der Waals surface area contributed by atoms with Crippen LogP contribution in [-0.2, 0) is 10.0 Å². The summed E-state index contributed by atoms with van der Waals surface area (Å²) < 4.78 is 27.7. The number of nitrogens with zero attached hydrogens (tertiary/aromatic N) is 1. The summed E-state index contributed by atoms with van der Waals surface area (Å²) in [6, 6.07) is 10.4. The van der Waals surface area contributed by atoms with E-state index in [2.05, 4.69) is 15.7 Å². The molecule has 1 fully saturated rings. The molecule has 1 unspecified atom stereocenters. The van der Waals surface area contributed by atoms with Crippen LogP contribution in [0.5, 0.6) is 0 Å². The molecule has 23 heavy (non-hydrogen) atoms. The van der Waals surface area contributed by atoms with Gasteiger partial charge in [0.2, 0.25) is 10.0 Å². The van der Waals surface area contributed by atoms with Crippen molar-refractivity contribution in [1.82, 2.24) is 9.62 Å². The van der Waals surface area contributed by atoms with Crippen molar-refractivity contribution in [3.63, 3.8) is 0 Å². The second-order valence-electron chi connectivity index (χ2n) is 5.58. The zero-order chi connectivity index (χ0) is 16.3. The Labute approximate surface area is 146 Å². The number of thiophene rings is 1. The van der Waals surface area contributed by atoms with Crippen molar-refractivity contribution < 1.29 is 8.42 Å². The first-order chi connectivity index (χ1) is 11.1. The minimum Gasteiger partial charge on any atom is -0.294 e. The molecule has 7 heteroatoms. The van der Waals surface area contributed by atoms with Gasteiger partial charge in [-0.2, -0.15) is 0 Å². The molecule has 0 saturated carbocycles. The molecule has 0 amide bonds. The third kappa shape index (κ3) is 4.14. The van der Waals surface area contributed by atoms with Crippen LogP contribution in [0.15, 0.2) is 46.7 Å². The van der Waals surface area contributed by atoms with E-state index in [4.69, 9.17) is 11.6 Å². The predicted octanol–water partition coefficient (Wildman–Crippen LogP) is 3.52. The third-order valence-corrected chi connectivity index (χ3v) is 6.71. The van der Waals surface area contributed by atoms with E-state index in [0.29, 0.717) is 11.6 Å². The molecule has 1 aliphatic heterocycles. The van der Waals surface area contributed by atoms with Crippen molar-refractivity contribution in [2.75, 3.05) is 19.6 Å². The predicted molar refractivity (Wildman–Crippen MR) is 94.5 cm³/mol. The van der Waals surface area contributed by atoms with Gasteiger partial charge in [-0.1, -0.05) is 17.7 Å². The van der Waals surface area contributed by atoms with E-state index < -0.39 is 10.0 Å². The molecular formula is C16H19ClN2O2S2. The van der Waals surface area contributed by atoms with Crippen molar-refractivity contribution in [3.8, 4) is 0 Å². The number of hydrogen-bond acceptors (Lipinski definition) is 4. The average molecular weight is 371 g/mol. The lowest BCUT2D eigenvalue weighted by Crippen LogP contribution is -2.36. The van der Waals surface area contributed by atoms with Gasteiger partial charge in [0.15, 0.2) is 0 Å². The lowest BCUT2D eigenvalue weighted by atomic mass is 10.2. The van der Waals surface area contributed by atoms with E-state index in [-0.39, 0.29) is 10.9 Å². The smallest absolute Gasteiger partial charge is 0.240 e. The Morgan fingerprint density at radius 3 is 2.48 bits per heavy atom. The summed E-state index contributed by atoms with van der Waals surface area (Å²) in [7, 11) is -3.52. The maximum atomic E-state index is 12.5. The molecule has 1 atom stereocenters. The van der Waals surface area contributed by atoms with Gasteiger partial charge in [0.05, 0.1) is 10.9 Å². The van der Waals surface area contributed by atoms with Crippen LogP contribution in [0, 0.1) is 0 Å². The molecule has 3 rings (SSSR count). The summed E-state index contributed by atoms with van der Waals surface area (Å²) in [6.07, 6.45) is 2.34. The summed E-state index contributed by atoms with van der Waals surface area (Å²) in [6.45, 7) is 2.42. The molecular weight excluding hydrogens is 352 g/mol. The van der Waals surface area contributed by atoms with Crippen molar-refractivity contribution in [3.05, 3.63) is 51.7 Å². The highest BCUT2D eigenvalue weighted by atomic mass is 35.5. The molecule has 124 valence electrons. The Bertz CT molecular complexity index is 724. The maximum absolute atomic E-state index is 12.5. The molecule has 1 saturated heterocycles. The average Bonchev–Trinajstić information content (AvgIpc) is 3.21. The molecule has 1 aromatic carbocycles. The van der Waals surface area contributed by atoms with Gasteiger partial charge in [0.1, 0.15) is 0 Å². The molecule has 0 bridgehead atoms. The van der Waals surface area contributed by atoms with Gasteiger partial charge in [0, 0.05) is 16.4 Å². The van der Waals surface area contributed by atoms with Crippen molar-refractivity contribution in [2.45, 2.75) is 23.8 Å². The van der Waals surface area contributed by atoms with E-state index >= 15 is 0 Å². The summed E-state index contributed by atoms with van der Waals surface area (Å²) in [5.74, 6) is 0. The summed E-state index contributed by atoms with van der Waals surface area (Å²) in [5, 5.41) is 2.56. The fourth-order valence-electron chi connectivity index (χ4n) is 2.83. The zero-order valence-electron chi connectivity index (χ0n) is 12.6.